The average Bonchev–Trinajstić information content (AvgIpc) is 3.12. The molecule has 1 aliphatic heterocycles. The van der Waals surface area contributed by atoms with Crippen molar-refractivity contribution in [1.82, 2.24) is 14.8 Å². The van der Waals surface area contributed by atoms with Gasteiger partial charge in [-0.1, -0.05) is 18.2 Å². The third-order valence-corrected chi connectivity index (χ3v) is 5.42. The van der Waals surface area contributed by atoms with Gasteiger partial charge in [0, 0.05) is 61.9 Å². The molecule has 0 aliphatic carbocycles. The van der Waals surface area contributed by atoms with Crippen molar-refractivity contribution in [3.8, 4) is 11.5 Å². The number of methoxy groups -OCH3 is 2. The van der Waals surface area contributed by atoms with Crippen LogP contribution < -0.4 is 9.47 Å². The van der Waals surface area contributed by atoms with E-state index in [0.29, 0.717) is 0 Å². The Balaban J connectivity index is 1.37. The lowest BCUT2D eigenvalue weighted by molar-refractivity contribution is 0.121. The molecule has 5 nitrogen and oxygen atoms in total. The monoisotopic (exact) mass is 365 g/mol. The maximum atomic E-state index is 5.52. The Hall–Kier alpha value is -2.50. The van der Waals surface area contributed by atoms with Crippen molar-refractivity contribution in [1.29, 1.82) is 0 Å². The second-order valence-corrected chi connectivity index (χ2v) is 7.09. The van der Waals surface area contributed by atoms with Crippen LogP contribution in [0.15, 0.2) is 48.7 Å². The Bertz CT molecular complexity index is 897. The van der Waals surface area contributed by atoms with Crippen LogP contribution >= 0.6 is 0 Å². The van der Waals surface area contributed by atoms with Gasteiger partial charge in [0.15, 0.2) is 0 Å². The van der Waals surface area contributed by atoms with Gasteiger partial charge in [-0.2, -0.15) is 0 Å². The molecule has 4 rings (SSSR count). The number of aromatic amines is 1. The van der Waals surface area contributed by atoms with E-state index in [-0.39, 0.29) is 0 Å². The van der Waals surface area contributed by atoms with Crippen LogP contribution in [-0.4, -0.2) is 55.2 Å². The van der Waals surface area contributed by atoms with E-state index in [2.05, 4.69) is 51.3 Å². The maximum Gasteiger partial charge on any atom is 0.123 e. The first kappa shape index (κ1) is 17.9. The lowest BCUT2D eigenvalue weighted by Crippen LogP contribution is -2.45. The van der Waals surface area contributed by atoms with E-state index in [1.54, 1.807) is 14.2 Å². The van der Waals surface area contributed by atoms with Crippen LogP contribution in [-0.2, 0) is 13.1 Å². The number of nitrogens with zero attached hydrogens (tertiary/aromatic N) is 2. The number of H-pyrrole nitrogens is 1. The molecule has 1 saturated heterocycles. The Morgan fingerprint density at radius 2 is 1.56 bits per heavy atom. The summed E-state index contributed by atoms with van der Waals surface area (Å²) in [5, 5.41) is 1.33. The minimum atomic E-state index is 0.878. The molecule has 0 amide bonds. The zero-order chi connectivity index (χ0) is 18.6. The topological polar surface area (TPSA) is 40.7 Å². The number of para-hydroxylation sites is 1. The molecule has 1 aliphatic rings. The SMILES string of the molecule is COc1ccc(OC)c(CN2CCN(Cc3c[nH]c4ccccc34)CC2)c1. The Kier molecular flexibility index (Phi) is 5.32. The zero-order valence-electron chi connectivity index (χ0n) is 16.1. The second-order valence-electron chi connectivity index (χ2n) is 7.09. The largest absolute Gasteiger partial charge is 0.497 e. The van der Waals surface area contributed by atoms with Crippen LogP contribution in [0.25, 0.3) is 10.9 Å². The van der Waals surface area contributed by atoms with Crippen molar-refractivity contribution < 1.29 is 9.47 Å². The molecule has 1 N–H and O–H groups in total. The summed E-state index contributed by atoms with van der Waals surface area (Å²) in [5.74, 6) is 1.81. The van der Waals surface area contributed by atoms with Crippen molar-refractivity contribution in [2.45, 2.75) is 13.1 Å². The van der Waals surface area contributed by atoms with Gasteiger partial charge in [0.05, 0.1) is 14.2 Å². The highest BCUT2D eigenvalue weighted by molar-refractivity contribution is 5.82. The number of piperazine rings is 1. The van der Waals surface area contributed by atoms with Crippen LogP contribution in [0.1, 0.15) is 11.1 Å². The van der Waals surface area contributed by atoms with Crippen LogP contribution in [0.2, 0.25) is 0 Å². The highest BCUT2D eigenvalue weighted by atomic mass is 16.5. The van der Waals surface area contributed by atoms with E-state index in [1.807, 2.05) is 12.1 Å². The fourth-order valence-electron chi connectivity index (χ4n) is 3.86. The summed E-state index contributed by atoms with van der Waals surface area (Å²) in [6, 6.07) is 14.5. The Morgan fingerprint density at radius 1 is 0.852 bits per heavy atom. The third kappa shape index (κ3) is 3.94. The third-order valence-electron chi connectivity index (χ3n) is 5.42. The van der Waals surface area contributed by atoms with Gasteiger partial charge in [0.25, 0.3) is 0 Å². The van der Waals surface area contributed by atoms with E-state index in [4.69, 9.17) is 9.47 Å². The van der Waals surface area contributed by atoms with Gasteiger partial charge in [0.1, 0.15) is 11.5 Å². The van der Waals surface area contributed by atoms with Gasteiger partial charge in [-0.15, -0.1) is 0 Å². The minimum Gasteiger partial charge on any atom is -0.497 e. The smallest absolute Gasteiger partial charge is 0.123 e. The van der Waals surface area contributed by atoms with Gasteiger partial charge in [0.2, 0.25) is 0 Å². The highest BCUT2D eigenvalue weighted by Crippen LogP contribution is 2.26. The molecule has 1 aromatic heterocycles. The number of aromatic nitrogens is 1. The van der Waals surface area contributed by atoms with E-state index < -0.39 is 0 Å². The fourth-order valence-corrected chi connectivity index (χ4v) is 3.86. The molecule has 0 radical (unpaired) electrons. The summed E-state index contributed by atoms with van der Waals surface area (Å²) >= 11 is 0. The minimum absolute atomic E-state index is 0.878. The number of hydrogen-bond donors (Lipinski definition) is 1. The predicted octanol–water partition coefficient (Wildman–Crippen LogP) is 3.50. The molecule has 0 unspecified atom stereocenters. The normalized spacial score (nSPS) is 15.9. The Labute approximate surface area is 160 Å². The van der Waals surface area contributed by atoms with Crippen LogP contribution in [0.4, 0.5) is 0 Å². The van der Waals surface area contributed by atoms with Gasteiger partial charge < -0.3 is 14.5 Å². The summed E-state index contributed by atoms with van der Waals surface area (Å²) in [6.45, 7) is 6.16. The second kappa shape index (κ2) is 8.03. The van der Waals surface area contributed by atoms with Gasteiger partial charge in [-0.3, -0.25) is 9.80 Å². The molecule has 27 heavy (non-hydrogen) atoms. The van der Waals surface area contributed by atoms with E-state index in [9.17, 15) is 0 Å². The molecular weight excluding hydrogens is 338 g/mol. The first-order valence-electron chi connectivity index (χ1n) is 9.47. The summed E-state index contributed by atoms with van der Waals surface area (Å²) < 4.78 is 10.9. The highest BCUT2D eigenvalue weighted by Gasteiger charge is 2.19. The number of nitrogens with one attached hydrogen (secondary N) is 1. The average molecular weight is 365 g/mol. The van der Waals surface area contributed by atoms with E-state index in [1.165, 1.54) is 22.0 Å². The number of ether oxygens (including phenoxy) is 2. The van der Waals surface area contributed by atoms with Crippen molar-refractivity contribution in [2.24, 2.45) is 0 Å². The molecule has 0 saturated carbocycles. The molecule has 2 aromatic carbocycles. The first-order valence-corrected chi connectivity index (χ1v) is 9.47. The zero-order valence-corrected chi connectivity index (χ0v) is 16.1. The molecule has 142 valence electrons. The molecular formula is C22H27N3O2. The standard InChI is InChI=1S/C22H27N3O2/c1-26-19-7-8-22(27-2)17(13-19)15-24-9-11-25(12-10-24)16-18-14-23-21-6-4-3-5-20(18)21/h3-8,13-14,23H,9-12,15-16H2,1-2H3. The molecule has 1 fully saturated rings. The lowest BCUT2D eigenvalue weighted by Gasteiger charge is -2.34. The molecule has 0 spiro atoms. The van der Waals surface area contributed by atoms with Gasteiger partial charge >= 0.3 is 0 Å². The summed E-state index contributed by atoms with van der Waals surface area (Å²) in [4.78, 5) is 8.41. The first-order chi connectivity index (χ1) is 13.3. The number of benzene rings is 2. The Morgan fingerprint density at radius 3 is 2.26 bits per heavy atom. The van der Waals surface area contributed by atoms with Gasteiger partial charge in [-0.05, 0) is 29.8 Å². The molecule has 0 bridgehead atoms. The quantitative estimate of drug-likeness (QED) is 0.726. The lowest BCUT2D eigenvalue weighted by atomic mass is 10.1. The summed E-state index contributed by atoms with van der Waals surface area (Å²) in [6.07, 6.45) is 2.15. The van der Waals surface area contributed by atoms with Crippen LogP contribution in [0.3, 0.4) is 0 Å². The van der Waals surface area contributed by atoms with Crippen molar-refractivity contribution >= 4 is 10.9 Å². The fraction of sp³-hybridized carbons (Fsp3) is 0.364. The predicted molar refractivity (Wildman–Crippen MR) is 108 cm³/mol. The van der Waals surface area contributed by atoms with Crippen LogP contribution in [0, 0.1) is 0 Å². The molecule has 2 heterocycles. The van der Waals surface area contributed by atoms with Crippen LogP contribution in [0.5, 0.6) is 11.5 Å². The van der Waals surface area contributed by atoms with E-state index >= 15 is 0 Å². The molecule has 3 aromatic rings. The summed E-state index contributed by atoms with van der Waals surface area (Å²) in [5.41, 5.74) is 3.78. The number of fused-ring (bicyclic) bond motifs is 1. The van der Waals surface area contributed by atoms with Crippen molar-refractivity contribution in [3.05, 3.63) is 59.8 Å². The maximum absolute atomic E-state index is 5.52. The van der Waals surface area contributed by atoms with Gasteiger partial charge in [-0.25, -0.2) is 0 Å². The number of hydrogen-bond acceptors (Lipinski definition) is 4. The molecule has 0 atom stereocenters. The van der Waals surface area contributed by atoms with Crippen molar-refractivity contribution in [3.63, 3.8) is 0 Å². The summed E-state index contributed by atoms with van der Waals surface area (Å²) in [7, 11) is 3.43. The number of rotatable bonds is 6. The van der Waals surface area contributed by atoms with Crippen molar-refractivity contribution in [2.75, 3.05) is 40.4 Å². The molecule has 5 heteroatoms. The van der Waals surface area contributed by atoms with E-state index in [0.717, 1.165) is 50.8 Å².